The van der Waals surface area contributed by atoms with Crippen molar-refractivity contribution in [3.8, 4) is 5.69 Å². The maximum atomic E-state index is 12.1. The number of aromatic nitrogens is 2. The molecule has 0 radical (unpaired) electrons. The summed E-state index contributed by atoms with van der Waals surface area (Å²) < 4.78 is 1.48. The van der Waals surface area contributed by atoms with E-state index in [0.29, 0.717) is 11.3 Å². The number of hydrogen-bond donors (Lipinski definition) is 2. The molecule has 6 nitrogen and oxygen atoms in total. The third-order valence-electron chi connectivity index (χ3n) is 3.38. The second kappa shape index (κ2) is 5.14. The minimum atomic E-state index is -0.513. The lowest BCUT2D eigenvalue weighted by Crippen LogP contribution is -2.36. The molecule has 0 bridgehead atoms. The SMILES string of the molecule is CC(C)/C=C1/C(=O)NC(=O)c2c1nn(-c1ccccc1)c2N. The molecule has 1 aliphatic rings. The van der Waals surface area contributed by atoms with Crippen molar-refractivity contribution < 1.29 is 9.59 Å². The Morgan fingerprint density at radius 2 is 1.86 bits per heavy atom. The molecule has 22 heavy (non-hydrogen) atoms. The number of rotatable bonds is 2. The molecule has 3 N–H and O–H groups in total. The second-order valence-corrected chi connectivity index (χ2v) is 5.46. The third-order valence-corrected chi connectivity index (χ3v) is 3.38. The molecular weight excluding hydrogens is 280 g/mol. The largest absolute Gasteiger partial charge is 0.383 e. The van der Waals surface area contributed by atoms with Gasteiger partial charge in [-0.15, -0.1) is 0 Å². The quantitative estimate of drug-likeness (QED) is 0.652. The number of anilines is 1. The predicted octanol–water partition coefficient (Wildman–Crippen LogP) is 1.76. The first-order valence-corrected chi connectivity index (χ1v) is 7.01. The number of allylic oxidation sites excluding steroid dienone is 1. The summed E-state index contributed by atoms with van der Waals surface area (Å²) in [6.07, 6.45) is 1.78. The van der Waals surface area contributed by atoms with Gasteiger partial charge in [0.05, 0.1) is 11.3 Å². The predicted molar refractivity (Wildman–Crippen MR) is 83.3 cm³/mol. The lowest BCUT2D eigenvalue weighted by atomic mass is 9.99. The number of carbonyl (C=O) groups is 2. The molecule has 2 heterocycles. The van der Waals surface area contributed by atoms with Crippen LogP contribution in [0.2, 0.25) is 0 Å². The molecule has 0 saturated carbocycles. The zero-order valence-electron chi connectivity index (χ0n) is 12.3. The van der Waals surface area contributed by atoms with Gasteiger partial charge >= 0.3 is 0 Å². The van der Waals surface area contributed by atoms with Gasteiger partial charge in [-0.25, -0.2) is 4.68 Å². The van der Waals surface area contributed by atoms with Gasteiger partial charge in [0.25, 0.3) is 11.8 Å². The van der Waals surface area contributed by atoms with Gasteiger partial charge in [-0.3, -0.25) is 14.9 Å². The molecular formula is C16H16N4O2. The molecule has 0 unspecified atom stereocenters. The van der Waals surface area contributed by atoms with E-state index >= 15 is 0 Å². The van der Waals surface area contributed by atoms with E-state index in [1.165, 1.54) is 4.68 Å². The van der Waals surface area contributed by atoms with Crippen molar-refractivity contribution >= 4 is 23.2 Å². The summed E-state index contributed by atoms with van der Waals surface area (Å²) in [4.78, 5) is 24.2. The van der Waals surface area contributed by atoms with Crippen molar-refractivity contribution in [2.24, 2.45) is 5.92 Å². The van der Waals surface area contributed by atoms with Crippen LogP contribution in [0.15, 0.2) is 36.4 Å². The van der Waals surface area contributed by atoms with E-state index < -0.39 is 11.8 Å². The van der Waals surface area contributed by atoms with Gasteiger partial charge in [0.1, 0.15) is 17.1 Å². The van der Waals surface area contributed by atoms with Gasteiger partial charge in [0, 0.05) is 0 Å². The summed E-state index contributed by atoms with van der Waals surface area (Å²) in [5.41, 5.74) is 7.78. The maximum Gasteiger partial charge on any atom is 0.264 e. The molecule has 2 aromatic rings. The van der Waals surface area contributed by atoms with E-state index in [4.69, 9.17) is 5.73 Å². The fraction of sp³-hybridized carbons (Fsp3) is 0.188. The number of hydrogen-bond acceptors (Lipinski definition) is 4. The first-order chi connectivity index (χ1) is 10.5. The number of para-hydroxylation sites is 1. The Morgan fingerprint density at radius 3 is 2.50 bits per heavy atom. The average Bonchev–Trinajstić information content (AvgIpc) is 2.82. The number of nitrogens with zero attached hydrogens (tertiary/aromatic N) is 2. The first-order valence-electron chi connectivity index (χ1n) is 7.01. The summed E-state index contributed by atoms with van der Waals surface area (Å²) in [7, 11) is 0. The lowest BCUT2D eigenvalue weighted by molar-refractivity contribution is -0.114. The van der Waals surface area contributed by atoms with Crippen LogP contribution in [0.25, 0.3) is 11.3 Å². The maximum absolute atomic E-state index is 12.1. The van der Waals surface area contributed by atoms with E-state index in [2.05, 4.69) is 10.4 Å². The molecule has 0 fully saturated rings. The number of fused-ring (bicyclic) bond motifs is 1. The van der Waals surface area contributed by atoms with Crippen LogP contribution in [0.5, 0.6) is 0 Å². The number of nitrogens with two attached hydrogens (primary N) is 1. The topological polar surface area (TPSA) is 90.0 Å². The van der Waals surface area contributed by atoms with E-state index in [9.17, 15) is 9.59 Å². The van der Waals surface area contributed by atoms with Gasteiger partial charge in [0.15, 0.2) is 0 Å². The van der Waals surface area contributed by atoms with E-state index in [0.717, 1.165) is 5.69 Å². The molecule has 6 heteroatoms. The third kappa shape index (κ3) is 2.18. The molecule has 0 aliphatic carbocycles. The van der Waals surface area contributed by atoms with Crippen LogP contribution in [-0.4, -0.2) is 21.6 Å². The molecule has 2 amide bonds. The van der Waals surface area contributed by atoms with Crippen molar-refractivity contribution in [1.82, 2.24) is 15.1 Å². The highest BCUT2D eigenvalue weighted by Gasteiger charge is 2.34. The Morgan fingerprint density at radius 1 is 1.18 bits per heavy atom. The Hall–Kier alpha value is -2.89. The van der Waals surface area contributed by atoms with E-state index in [-0.39, 0.29) is 17.3 Å². The van der Waals surface area contributed by atoms with Crippen molar-refractivity contribution in [1.29, 1.82) is 0 Å². The minimum absolute atomic E-state index is 0.143. The summed E-state index contributed by atoms with van der Waals surface area (Å²) >= 11 is 0. The van der Waals surface area contributed by atoms with Crippen LogP contribution in [0, 0.1) is 5.92 Å². The number of imide groups is 1. The number of nitrogen functional groups attached to an aromatic ring is 1. The normalized spacial score (nSPS) is 16.0. The summed E-state index contributed by atoms with van der Waals surface area (Å²) in [6.45, 7) is 3.90. The highest BCUT2D eigenvalue weighted by Crippen LogP contribution is 2.30. The van der Waals surface area contributed by atoms with Crippen molar-refractivity contribution in [3.05, 3.63) is 47.7 Å². The summed E-state index contributed by atoms with van der Waals surface area (Å²) in [6, 6.07) is 9.25. The first kappa shape index (κ1) is 14.1. The lowest BCUT2D eigenvalue weighted by Gasteiger charge is -2.14. The number of nitrogens with one attached hydrogen (secondary N) is 1. The van der Waals surface area contributed by atoms with Crippen LogP contribution in [0.3, 0.4) is 0 Å². The monoisotopic (exact) mass is 296 g/mol. The number of carbonyl (C=O) groups excluding carboxylic acids is 2. The molecule has 0 atom stereocenters. The zero-order valence-corrected chi connectivity index (χ0v) is 12.3. The van der Waals surface area contributed by atoms with Crippen molar-refractivity contribution in [2.45, 2.75) is 13.8 Å². The van der Waals surface area contributed by atoms with Gasteiger partial charge < -0.3 is 5.73 Å². The Balaban J connectivity index is 2.24. The van der Waals surface area contributed by atoms with Gasteiger partial charge in [-0.2, -0.15) is 5.10 Å². The van der Waals surface area contributed by atoms with Crippen LogP contribution in [0.1, 0.15) is 29.9 Å². The average molecular weight is 296 g/mol. The fourth-order valence-corrected chi connectivity index (χ4v) is 2.44. The van der Waals surface area contributed by atoms with Crippen LogP contribution in [0.4, 0.5) is 5.82 Å². The Labute approximate surface area is 127 Å². The molecule has 3 rings (SSSR count). The molecule has 1 aromatic heterocycles. The van der Waals surface area contributed by atoms with Crippen LogP contribution in [-0.2, 0) is 4.79 Å². The summed E-state index contributed by atoms with van der Waals surface area (Å²) in [5, 5.41) is 6.71. The molecule has 1 aromatic carbocycles. The van der Waals surface area contributed by atoms with E-state index in [1.54, 1.807) is 6.08 Å². The summed E-state index contributed by atoms with van der Waals surface area (Å²) in [5.74, 6) is -0.588. The molecule has 1 aliphatic heterocycles. The highest BCUT2D eigenvalue weighted by atomic mass is 16.2. The molecule has 112 valence electrons. The second-order valence-electron chi connectivity index (χ2n) is 5.46. The molecule has 0 saturated heterocycles. The smallest absolute Gasteiger partial charge is 0.264 e. The number of benzene rings is 1. The van der Waals surface area contributed by atoms with Crippen LogP contribution >= 0.6 is 0 Å². The van der Waals surface area contributed by atoms with Crippen molar-refractivity contribution in [3.63, 3.8) is 0 Å². The van der Waals surface area contributed by atoms with Crippen molar-refractivity contribution in [2.75, 3.05) is 5.73 Å². The number of amides is 2. The van der Waals surface area contributed by atoms with Gasteiger partial charge in [-0.1, -0.05) is 38.1 Å². The standard InChI is InChI=1S/C16H16N4O2/c1-9(2)8-11-13-12(16(22)18-15(11)21)14(17)20(19-13)10-6-4-3-5-7-10/h3-9H,17H2,1-2H3,(H,18,21,22)/b11-8+. The Kier molecular flexibility index (Phi) is 3.29. The van der Waals surface area contributed by atoms with Crippen LogP contribution < -0.4 is 11.1 Å². The van der Waals surface area contributed by atoms with E-state index in [1.807, 2.05) is 44.2 Å². The Bertz CT molecular complexity index is 788. The van der Waals surface area contributed by atoms with Gasteiger partial charge in [0.2, 0.25) is 0 Å². The zero-order chi connectivity index (χ0) is 15.9. The minimum Gasteiger partial charge on any atom is -0.383 e. The molecule has 0 spiro atoms. The highest BCUT2D eigenvalue weighted by molar-refractivity contribution is 6.31. The fourth-order valence-electron chi connectivity index (χ4n) is 2.44. The van der Waals surface area contributed by atoms with Gasteiger partial charge in [-0.05, 0) is 18.1 Å².